The minimum Gasteiger partial charge on any atom is -0.347 e. The van der Waals surface area contributed by atoms with Gasteiger partial charge in [0.25, 0.3) is 0 Å². The molecule has 0 bridgehead atoms. The van der Waals surface area contributed by atoms with E-state index in [2.05, 4.69) is 33.0 Å². The van der Waals surface area contributed by atoms with Crippen LogP contribution < -0.4 is 4.90 Å². The molecule has 0 aliphatic carbocycles. The average Bonchev–Trinajstić information content (AvgIpc) is 2.87. The van der Waals surface area contributed by atoms with E-state index in [1.165, 1.54) is 16.9 Å². The van der Waals surface area contributed by atoms with Crippen LogP contribution in [0.1, 0.15) is 16.1 Å². The van der Waals surface area contributed by atoms with Crippen molar-refractivity contribution in [3.05, 3.63) is 45.4 Å². The van der Waals surface area contributed by atoms with Crippen molar-refractivity contribution in [3.8, 4) is 0 Å². The van der Waals surface area contributed by atoms with Gasteiger partial charge in [0.1, 0.15) is 5.69 Å². The van der Waals surface area contributed by atoms with Gasteiger partial charge in [-0.2, -0.15) is 0 Å². The number of Topliss-reactive ketones (excluding diaryl/α,β-unsaturated/α-hetero) is 1. The Hall–Kier alpha value is -0.910. The summed E-state index contributed by atoms with van der Waals surface area (Å²) in [5.74, 6) is -0.168. The van der Waals surface area contributed by atoms with Gasteiger partial charge in [0.05, 0.1) is 5.88 Å². The first-order valence-corrected chi connectivity index (χ1v) is 7.81. The number of rotatable bonds is 5. The third-order valence-corrected chi connectivity index (χ3v) is 4.23. The van der Waals surface area contributed by atoms with Crippen LogP contribution in [0.4, 0.5) is 5.13 Å². The zero-order valence-corrected chi connectivity index (χ0v) is 13.4. The van der Waals surface area contributed by atoms with Crippen LogP contribution in [0.3, 0.4) is 0 Å². The maximum Gasteiger partial charge on any atom is 0.196 e. The van der Waals surface area contributed by atoms with E-state index in [-0.39, 0.29) is 11.7 Å². The highest BCUT2D eigenvalue weighted by molar-refractivity contribution is 9.10. The van der Waals surface area contributed by atoms with Gasteiger partial charge in [-0.1, -0.05) is 28.1 Å². The Kier molecular flexibility index (Phi) is 4.96. The predicted octanol–water partition coefficient (Wildman–Crippen LogP) is 3.96. The van der Waals surface area contributed by atoms with Gasteiger partial charge in [0.15, 0.2) is 10.9 Å². The largest absolute Gasteiger partial charge is 0.347 e. The molecule has 0 unspecified atom stereocenters. The van der Waals surface area contributed by atoms with E-state index in [4.69, 9.17) is 11.6 Å². The van der Waals surface area contributed by atoms with Gasteiger partial charge >= 0.3 is 0 Å². The van der Waals surface area contributed by atoms with E-state index < -0.39 is 0 Å². The van der Waals surface area contributed by atoms with Crippen LogP contribution >= 0.6 is 38.9 Å². The van der Waals surface area contributed by atoms with Gasteiger partial charge < -0.3 is 4.90 Å². The first-order valence-electron chi connectivity index (χ1n) is 5.60. The van der Waals surface area contributed by atoms with E-state index in [9.17, 15) is 4.79 Å². The van der Waals surface area contributed by atoms with Gasteiger partial charge in [0, 0.05) is 23.4 Å². The van der Waals surface area contributed by atoms with Crippen molar-refractivity contribution < 1.29 is 4.79 Å². The highest BCUT2D eigenvalue weighted by Crippen LogP contribution is 2.22. The minimum absolute atomic E-state index is 0.0292. The molecule has 0 saturated heterocycles. The van der Waals surface area contributed by atoms with Gasteiger partial charge in [-0.05, 0) is 17.7 Å². The van der Waals surface area contributed by atoms with Crippen molar-refractivity contribution >= 4 is 49.8 Å². The van der Waals surface area contributed by atoms with Gasteiger partial charge in [-0.15, -0.1) is 22.9 Å². The molecule has 6 heteroatoms. The first-order chi connectivity index (χ1) is 9.10. The number of benzene rings is 1. The van der Waals surface area contributed by atoms with Crippen molar-refractivity contribution in [2.24, 2.45) is 0 Å². The normalized spacial score (nSPS) is 10.5. The lowest BCUT2D eigenvalue weighted by Crippen LogP contribution is -2.16. The molecule has 0 atom stereocenters. The molecule has 0 aliphatic heterocycles. The van der Waals surface area contributed by atoms with Crippen LogP contribution in [0.25, 0.3) is 0 Å². The molecule has 0 fully saturated rings. The molecule has 0 radical (unpaired) electrons. The molecule has 0 N–H and O–H groups in total. The molecule has 19 heavy (non-hydrogen) atoms. The molecule has 2 rings (SSSR count). The summed E-state index contributed by atoms with van der Waals surface area (Å²) in [5, 5.41) is 2.56. The fourth-order valence-electron chi connectivity index (χ4n) is 1.61. The molecule has 100 valence electrons. The number of alkyl halides is 1. The summed E-state index contributed by atoms with van der Waals surface area (Å²) in [4.78, 5) is 17.7. The van der Waals surface area contributed by atoms with Crippen molar-refractivity contribution in [1.82, 2.24) is 4.98 Å². The zero-order valence-electron chi connectivity index (χ0n) is 10.3. The van der Waals surface area contributed by atoms with Crippen LogP contribution in [0, 0.1) is 0 Å². The summed E-state index contributed by atoms with van der Waals surface area (Å²) < 4.78 is 1.05. The number of aromatic nitrogens is 1. The molecule has 1 aromatic heterocycles. The highest BCUT2D eigenvalue weighted by atomic mass is 79.9. The zero-order chi connectivity index (χ0) is 13.8. The highest BCUT2D eigenvalue weighted by Gasteiger charge is 2.12. The summed E-state index contributed by atoms with van der Waals surface area (Å²) in [5.41, 5.74) is 1.62. The number of anilines is 1. The number of halogens is 2. The van der Waals surface area contributed by atoms with Crippen LogP contribution in [-0.4, -0.2) is 23.7 Å². The number of thiazole rings is 1. The summed E-state index contributed by atoms with van der Waals surface area (Å²) in [6, 6.07) is 8.11. The number of hydrogen-bond acceptors (Lipinski definition) is 4. The average molecular weight is 360 g/mol. The quantitative estimate of drug-likeness (QED) is 0.598. The fraction of sp³-hybridized carbons (Fsp3) is 0.231. The number of carbonyl (C=O) groups is 1. The lowest BCUT2D eigenvalue weighted by molar-refractivity contribution is 0.101. The minimum atomic E-state index is -0.139. The predicted molar refractivity (Wildman–Crippen MR) is 83.4 cm³/mol. The molecule has 0 saturated carbocycles. The Bertz CT molecular complexity index is 588. The van der Waals surface area contributed by atoms with Crippen molar-refractivity contribution in [3.63, 3.8) is 0 Å². The van der Waals surface area contributed by atoms with Gasteiger partial charge in [-0.25, -0.2) is 4.98 Å². The van der Waals surface area contributed by atoms with E-state index >= 15 is 0 Å². The molecular formula is C13H12BrClN2OS. The molecular weight excluding hydrogens is 348 g/mol. The van der Waals surface area contributed by atoms with E-state index in [0.717, 1.165) is 16.1 Å². The molecule has 1 aromatic carbocycles. The van der Waals surface area contributed by atoms with Crippen LogP contribution in [0.5, 0.6) is 0 Å². The third-order valence-electron chi connectivity index (χ3n) is 2.53. The van der Waals surface area contributed by atoms with E-state index in [0.29, 0.717) is 5.69 Å². The van der Waals surface area contributed by atoms with Gasteiger partial charge in [-0.3, -0.25) is 4.79 Å². The van der Waals surface area contributed by atoms with Crippen molar-refractivity contribution in [1.29, 1.82) is 0 Å². The van der Waals surface area contributed by atoms with Gasteiger partial charge in [0.2, 0.25) is 0 Å². The maximum absolute atomic E-state index is 11.4. The van der Waals surface area contributed by atoms with Crippen LogP contribution in [0.15, 0.2) is 34.1 Å². The molecule has 3 nitrogen and oxygen atoms in total. The van der Waals surface area contributed by atoms with E-state index in [1.807, 2.05) is 24.1 Å². The molecule has 1 heterocycles. The second kappa shape index (κ2) is 6.50. The summed E-state index contributed by atoms with van der Waals surface area (Å²) in [6.45, 7) is 0.738. The second-order valence-electron chi connectivity index (χ2n) is 4.06. The smallest absolute Gasteiger partial charge is 0.196 e. The fourth-order valence-corrected chi connectivity index (χ4v) is 2.99. The lowest BCUT2D eigenvalue weighted by Gasteiger charge is -2.15. The molecule has 0 amide bonds. The standard InChI is InChI=1S/C13H12BrClN2OS/c1-17(7-9-3-2-4-10(14)5-9)13-16-11(8-19-13)12(18)6-15/h2-5,8H,6-7H2,1H3. The van der Waals surface area contributed by atoms with Crippen LogP contribution in [0.2, 0.25) is 0 Å². The van der Waals surface area contributed by atoms with Crippen molar-refractivity contribution in [2.75, 3.05) is 17.8 Å². The summed E-state index contributed by atoms with van der Waals surface area (Å²) in [7, 11) is 1.95. The van der Waals surface area contributed by atoms with E-state index in [1.54, 1.807) is 5.38 Å². The number of hydrogen-bond donors (Lipinski definition) is 0. The van der Waals surface area contributed by atoms with Crippen LogP contribution in [-0.2, 0) is 6.54 Å². The number of carbonyl (C=O) groups excluding carboxylic acids is 1. The summed E-state index contributed by atoms with van der Waals surface area (Å²) >= 11 is 10.4. The second-order valence-corrected chi connectivity index (χ2v) is 6.08. The number of nitrogens with zero attached hydrogens (tertiary/aromatic N) is 2. The Morgan fingerprint density at radius 1 is 1.53 bits per heavy atom. The maximum atomic E-state index is 11.4. The Labute approximate surface area is 129 Å². The Morgan fingerprint density at radius 3 is 3.00 bits per heavy atom. The third kappa shape index (κ3) is 3.78. The summed E-state index contributed by atoms with van der Waals surface area (Å²) in [6.07, 6.45) is 0. The monoisotopic (exact) mass is 358 g/mol. The Balaban J connectivity index is 2.09. The topological polar surface area (TPSA) is 33.2 Å². The van der Waals surface area contributed by atoms with Crippen molar-refractivity contribution in [2.45, 2.75) is 6.54 Å². The first kappa shape index (κ1) is 14.5. The molecule has 0 aliphatic rings. The molecule has 0 spiro atoms. The SMILES string of the molecule is CN(Cc1cccc(Br)c1)c1nc(C(=O)CCl)cs1. The molecule has 2 aromatic rings. The Morgan fingerprint density at radius 2 is 2.32 bits per heavy atom. The number of ketones is 1. The lowest BCUT2D eigenvalue weighted by atomic mass is 10.2.